The van der Waals surface area contributed by atoms with Crippen LogP contribution in [-0.4, -0.2) is 11.2 Å². The van der Waals surface area contributed by atoms with Crippen molar-refractivity contribution in [3.05, 3.63) is 23.8 Å². The van der Waals surface area contributed by atoms with E-state index in [9.17, 15) is 4.39 Å². The first kappa shape index (κ1) is 12.0. The fourth-order valence-electron chi connectivity index (χ4n) is 2.82. The molecule has 3 aliphatic rings. The van der Waals surface area contributed by atoms with Crippen molar-refractivity contribution in [2.75, 3.05) is 11.1 Å². The number of halogens is 2. The van der Waals surface area contributed by atoms with E-state index in [1.165, 1.54) is 0 Å². The third-order valence-electron chi connectivity index (χ3n) is 3.55. The van der Waals surface area contributed by atoms with Gasteiger partial charge in [-0.25, -0.2) is 4.39 Å². The number of nitrogen functional groups attached to an aromatic ring is 1. The average molecular weight is 254 g/mol. The zero-order valence-electron chi connectivity index (χ0n) is 9.16. The minimum absolute atomic E-state index is 0. The van der Waals surface area contributed by atoms with Gasteiger partial charge in [-0.05, 0) is 18.2 Å². The first-order valence-corrected chi connectivity index (χ1v) is 5.31. The highest BCUT2D eigenvalue weighted by molar-refractivity contribution is 5.85. The second-order valence-electron chi connectivity index (χ2n) is 5.00. The van der Waals surface area contributed by atoms with E-state index in [2.05, 4.69) is 11.4 Å². The first-order valence-electron chi connectivity index (χ1n) is 5.31. The fourth-order valence-corrected chi connectivity index (χ4v) is 2.82. The van der Waals surface area contributed by atoms with E-state index >= 15 is 0 Å². The predicted molar refractivity (Wildman–Crippen MR) is 66.9 cm³/mol. The number of alkyl halides is 1. The molecular formula is C12H13ClFN3. The van der Waals surface area contributed by atoms with Gasteiger partial charge in [0, 0.05) is 24.8 Å². The van der Waals surface area contributed by atoms with Gasteiger partial charge < -0.3 is 11.1 Å². The van der Waals surface area contributed by atoms with Gasteiger partial charge in [-0.15, -0.1) is 12.4 Å². The molecule has 90 valence electrons. The van der Waals surface area contributed by atoms with Crippen LogP contribution in [0.4, 0.5) is 15.8 Å². The quantitative estimate of drug-likeness (QED) is 0.797. The summed E-state index contributed by atoms with van der Waals surface area (Å²) in [7, 11) is 0. The number of benzene rings is 1. The summed E-state index contributed by atoms with van der Waals surface area (Å²) in [6.45, 7) is 0. The van der Waals surface area contributed by atoms with Gasteiger partial charge in [-0.1, -0.05) is 0 Å². The van der Waals surface area contributed by atoms with Crippen LogP contribution in [0.1, 0.15) is 24.8 Å². The standard InChI is InChI=1S/C12H12FN3.ClH/c13-11-5-12(6-11,7-11)16-10-3-8(4-14)1-2-9(10)15;/h1-3,16H,5-7,15H2;1H. The molecule has 2 bridgehead atoms. The van der Waals surface area contributed by atoms with E-state index in [0.717, 1.165) is 5.69 Å². The highest BCUT2D eigenvalue weighted by Gasteiger charge is 2.69. The molecule has 4 rings (SSSR count). The topological polar surface area (TPSA) is 61.8 Å². The molecule has 1 aromatic rings. The molecule has 0 aliphatic heterocycles. The Bertz CT molecular complexity index is 489. The monoisotopic (exact) mass is 253 g/mol. The van der Waals surface area contributed by atoms with Crippen LogP contribution >= 0.6 is 12.4 Å². The van der Waals surface area contributed by atoms with Crippen molar-refractivity contribution in [2.45, 2.75) is 30.5 Å². The molecule has 0 unspecified atom stereocenters. The van der Waals surface area contributed by atoms with Crippen LogP contribution in [0.5, 0.6) is 0 Å². The van der Waals surface area contributed by atoms with Crippen LogP contribution in [0.2, 0.25) is 0 Å². The molecule has 3 N–H and O–H groups in total. The van der Waals surface area contributed by atoms with Gasteiger partial charge >= 0.3 is 0 Å². The summed E-state index contributed by atoms with van der Waals surface area (Å²) >= 11 is 0. The minimum Gasteiger partial charge on any atom is -0.397 e. The molecule has 0 saturated heterocycles. The van der Waals surface area contributed by atoms with Gasteiger partial charge in [0.05, 0.1) is 23.0 Å². The summed E-state index contributed by atoms with van der Waals surface area (Å²) in [5, 5.41) is 12.1. The van der Waals surface area contributed by atoms with Gasteiger partial charge in [0.1, 0.15) is 5.67 Å². The number of nitrogens with two attached hydrogens (primary N) is 1. The van der Waals surface area contributed by atoms with E-state index in [1.807, 2.05) is 0 Å². The van der Waals surface area contributed by atoms with Gasteiger partial charge in [-0.2, -0.15) is 5.26 Å². The zero-order valence-corrected chi connectivity index (χ0v) is 9.98. The largest absolute Gasteiger partial charge is 0.397 e. The van der Waals surface area contributed by atoms with E-state index in [1.54, 1.807) is 18.2 Å². The Balaban J connectivity index is 0.00000108. The molecule has 0 radical (unpaired) electrons. The second-order valence-corrected chi connectivity index (χ2v) is 5.00. The molecule has 0 aromatic heterocycles. The van der Waals surface area contributed by atoms with E-state index in [-0.39, 0.29) is 17.9 Å². The lowest BCUT2D eigenvalue weighted by atomic mass is 9.47. The van der Waals surface area contributed by atoms with Crippen molar-refractivity contribution < 1.29 is 4.39 Å². The highest BCUT2D eigenvalue weighted by Crippen LogP contribution is 2.64. The van der Waals surface area contributed by atoms with Crippen LogP contribution in [0.15, 0.2) is 18.2 Å². The maximum Gasteiger partial charge on any atom is 0.117 e. The molecule has 0 spiro atoms. The van der Waals surface area contributed by atoms with Crippen molar-refractivity contribution in [3.63, 3.8) is 0 Å². The molecule has 0 amide bonds. The Morgan fingerprint density at radius 2 is 2.00 bits per heavy atom. The molecule has 0 atom stereocenters. The van der Waals surface area contributed by atoms with Gasteiger partial charge in [0.2, 0.25) is 0 Å². The molecule has 0 heterocycles. The number of nitrogens with one attached hydrogen (secondary N) is 1. The smallest absolute Gasteiger partial charge is 0.117 e. The third kappa shape index (κ3) is 1.71. The maximum atomic E-state index is 13.3. The van der Waals surface area contributed by atoms with Crippen molar-refractivity contribution in [2.24, 2.45) is 0 Å². The van der Waals surface area contributed by atoms with Gasteiger partial charge in [0.25, 0.3) is 0 Å². The Morgan fingerprint density at radius 3 is 2.53 bits per heavy atom. The lowest BCUT2D eigenvalue weighted by Crippen LogP contribution is -2.73. The second kappa shape index (κ2) is 3.51. The van der Waals surface area contributed by atoms with Crippen LogP contribution < -0.4 is 11.1 Å². The van der Waals surface area contributed by atoms with Crippen LogP contribution in [-0.2, 0) is 0 Å². The average Bonchev–Trinajstić information content (AvgIpc) is 2.17. The number of anilines is 2. The van der Waals surface area contributed by atoms with Crippen molar-refractivity contribution in [1.29, 1.82) is 5.26 Å². The summed E-state index contributed by atoms with van der Waals surface area (Å²) in [6, 6.07) is 7.18. The Kier molecular flexibility index (Phi) is 2.48. The highest BCUT2D eigenvalue weighted by atomic mass is 35.5. The Hall–Kier alpha value is -1.47. The third-order valence-corrected chi connectivity index (χ3v) is 3.55. The van der Waals surface area contributed by atoms with Gasteiger partial charge in [0.15, 0.2) is 0 Å². The summed E-state index contributed by atoms with van der Waals surface area (Å²) < 4.78 is 13.3. The molecule has 3 fully saturated rings. The van der Waals surface area contributed by atoms with Gasteiger partial charge in [-0.3, -0.25) is 0 Å². The van der Waals surface area contributed by atoms with Crippen molar-refractivity contribution in [1.82, 2.24) is 0 Å². The number of nitrogens with zero attached hydrogens (tertiary/aromatic N) is 1. The van der Waals surface area contributed by atoms with E-state index in [0.29, 0.717) is 30.5 Å². The molecular weight excluding hydrogens is 241 g/mol. The van der Waals surface area contributed by atoms with Crippen LogP contribution in [0.3, 0.4) is 0 Å². The lowest BCUT2D eigenvalue weighted by Gasteiger charge is -2.66. The van der Waals surface area contributed by atoms with E-state index in [4.69, 9.17) is 11.0 Å². The molecule has 3 nitrogen and oxygen atoms in total. The molecule has 17 heavy (non-hydrogen) atoms. The number of nitriles is 1. The summed E-state index contributed by atoms with van der Waals surface area (Å²) in [5.41, 5.74) is 6.72. The predicted octanol–water partition coefficient (Wildman–Crippen LogP) is 2.62. The fraction of sp³-hybridized carbons (Fsp3) is 0.417. The molecule has 3 aliphatic carbocycles. The summed E-state index contributed by atoms with van der Waals surface area (Å²) in [4.78, 5) is 0. The zero-order chi connectivity index (χ0) is 11.4. The number of rotatable bonds is 2. The normalized spacial score (nSPS) is 32.5. The first-order chi connectivity index (χ1) is 7.54. The van der Waals surface area contributed by atoms with Crippen LogP contribution in [0.25, 0.3) is 0 Å². The molecule has 3 saturated carbocycles. The van der Waals surface area contributed by atoms with Crippen molar-refractivity contribution >= 4 is 23.8 Å². The van der Waals surface area contributed by atoms with Crippen LogP contribution in [0, 0.1) is 11.3 Å². The molecule has 1 aromatic carbocycles. The SMILES string of the molecule is Cl.N#Cc1ccc(N)c(NC23CC(F)(C2)C3)c1. The Morgan fingerprint density at radius 1 is 1.35 bits per heavy atom. The summed E-state index contributed by atoms with van der Waals surface area (Å²) in [5.74, 6) is 0. The van der Waals surface area contributed by atoms with E-state index < -0.39 is 5.67 Å². The lowest BCUT2D eigenvalue weighted by molar-refractivity contribution is -0.136. The minimum atomic E-state index is -0.922. The number of hydrogen-bond donors (Lipinski definition) is 2. The maximum absolute atomic E-state index is 13.3. The Labute approximate surface area is 105 Å². The number of hydrogen-bond acceptors (Lipinski definition) is 3. The van der Waals surface area contributed by atoms with Crippen molar-refractivity contribution in [3.8, 4) is 6.07 Å². The molecule has 5 heteroatoms. The summed E-state index contributed by atoms with van der Waals surface area (Å²) in [6.07, 6.45) is 1.70.